The van der Waals surface area contributed by atoms with E-state index in [4.69, 9.17) is 10.1 Å². The molecule has 1 fully saturated rings. The number of hydroxylamine groups is 2. The van der Waals surface area contributed by atoms with Crippen LogP contribution >= 0.6 is 0 Å². The van der Waals surface area contributed by atoms with Crippen LogP contribution in [-0.2, 0) is 9.63 Å². The molecule has 0 N–H and O–H groups in total. The third-order valence-corrected chi connectivity index (χ3v) is 2.83. The number of allylic oxidation sites excluding steroid dienone is 1. The van der Waals surface area contributed by atoms with Gasteiger partial charge in [0.05, 0.1) is 11.5 Å². The smallest absolute Gasteiger partial charge is 0.330 e. The van der Waals surface area contributed by atoms with Crippen LogP contribution in [0.3, 0.4) is 0 Å². The molecule has 0 saturated carbocycles. The lowest BCUT2D eigenvalue weighted by molar-refractivity contribution is -0.204. The summed E-state index contributed by atoms with van der Waals surface area (Å²) in [6, 6.07) is 2.06. The Bertz CT molecular complexity index is 361. The summed E-state index contributed by atoms with van der Waals surface area (Å²) in [5.74, 6) is 0.0496. The zero-order valence-electron chi connectivity index (χ0n) is 11.0. The Morgan fingerprint density at radius 3 is 2.71 bits per heavy atom. The molecule has 0 bridgehead atoms. The van der Waals surface area contributed by atoms with E-state index in [1.807, 2.05) is 27.7 Å². The van der Waals surface area contributed by atoms with Gasteiger partial charge >= 0.3 is 5.97 Å². The Morgan fingerprint density at radius 2 is 2.24 bits per heavy atom. The van der Waals surface area contributed by atoms with Gasteiger partial charge in [-0.25, -0.2) is 4.79 Å². The van der Waals surface area contributed by atoms with Crippen LogP contribution in [0.4, 0.5) is 0 Å². The number of hydrogen-bond acceptors (Lipinski definition) is 4. The average Bonchev–Trinajstić information content (AvgIpc) is 2.21. The normalized spacial score (nSPS) is 24.4. The summed E-state index contributed by atoms with van der Waals surface area (Å²) >= 11 is 0. The van der Waals surface area contributed by atoms with Crippen LogP contribution in [0.1, 0.15) is 34.1 Å². The third-order valence-electron chi connectivity index (χ3n) is 2.83. The van der Waals surface area contributed by atoms with Gasteiger partial charge in [0, 0.05) is 19.2 Å². The molecule has 17 heavy (non-hydrogen) atoms. The molecule has 4 nitrogen and oxygen atoms in total. The molecule has 0 aromatic carbocycles. The highest BCUT2D eigenvalue weighted by Gasteiger charge is 2.29. The van der Waals surface area contributed by atoms with Crippen molar-refractivity contribution < 1.29 is 9.63 Å². The molecule has 1 unspecified atom stereocenters. The molecular formula is C13H20N2O2. The molecule has 1 saturated heterocycles. The molecule has 94 valence electrons. The third kappa shape index (κ3) is 3.86. The highest BCUT2D eigenvalue weighted by molar-refractivity contribution is 5.75. The lowest BCUT2D eigenvalue weighted by Gasteiger charge is -2.32. The Kier molecular flexibility index (Phi) is 4.30. The fourth-order valence-electron chi connectivity index (χ4n) is 1.65. The maximum Gasteiger partial charge on any atom is 0.330 e. The lowest BCUT2D eigenvalue weighted by atomic mass is 9.94. The molecule has 1 heterocycles. The number of carbonyl (C=O) groups excluding carboxylic acids is 1. The van der Waals surface area contributed by atoms with Gasteiger partial charge in [-0.3, -0.25) is 0 Å². The minimum Gasteiger partial charge on any atom is -0.367 e. The number of piperidine rings is 1. The second kappa shape index (κ2) is 5.33. The molecule has 0 aliphatic carbocycles. The van der Waals surface area contributed by atoms with Crippen LogP contribution in [0.2, 0.25) is 0 Å². The van der Waals surface area contributed by atoms with Crippen LogP contribution in [-0.4, -0.2) is 24.1 Å². The van der Waals surface area contributed by atoms with Crippen molar-refractivity contribution in [1.29, 1.82) is 5.26 Å². The van der Waals surface area contributed by atoms with E-state index in [1.54, 1.807) is 11.1 Å². The molecule has 0 spiro atoms. The van der Waals surface area contributed by atoms with Gasteiger partial charge < -0.3 is 4.84 Å². The van der Waals surface area contributed by atoms with E-state index >= 15 is 0 Å². The van der Waals surface area contributed by atoms with Crippen molar-refractivity contribution in [1.82, 2.24) is 5.06 Å². The minimum atomic E-state index is -0.480. The van der Waals surface area contributed by atoms with Crippen molar-refractivity contribution in [3.8, 4) is 6.07 Å². The topological polar surface area (TPSA) is 53.3 Å². The standard InChI is InChI=1S/C13H20N2O2/c1-10-9-15(8-6-11(10)5-7-14)17-12(16)13(2,3)4/h5,10H,6,8-9H2,1-4H3. The summed E-state index contributed by atoms with van der Waals surface area (Å²) in [6.07, 6.45) is 2.39. The van der Waals surface area contributed by atoms with Gasteiger partial charge in [-0.2, -0.15) is 5.26 Å². The van der Waals surface area contributed by atoms with E-state index in [0.29, 0.717) is 13.1 Å². The van der Waals surface area contributed by atoms with E-state index in [9.17, 15) is 4.79 Å². The van der Waals surface area contributed by atoms with Crippen LogP contribution < -0.4 is 0 Å². The van der Waals surface area contributed by atoms with Gasteiger partial charge in [0.1, 0.15) is 0 Å². The monoisotopic (exact) mass is 236 g/mol. The van der Waals surface area contributed by atoms with E-state index in [2.05, 4.69) is 6.07 Å². The van der Waals surface area contributed by atoms with Gasteiger partial charge in [-0.15, -0.1) is 5.06 Å². The number of carbonyl (C=O) groups is 1. The predicted octanol–water partition coefficient (Wildman–Crippen LogP) is 2.28. The van der Waals surface area contributed by atoms with Crippen molar-refractivity contribution >= 4 is 5.97 Å². The van der Waals surface area contributed by atoms with E-state index in [1.165, 1.54) is 0 Å². The van der Waals surface area contributed by atoms with Crippen molar-refractivity contribution in [3.63, 3.8) is 0 Å². The molecule has 1 rings (SSSR count). The van der Waals surface area contributed by atoms with Gasteiger partial charge in [0.25, 0.3) is 0 Å². The van der Waals surface area contributed by atoms with Crippen molar-refractivity contribution in [3.05, 3.63) is 11.6 Å². The first kappa shape index (κ1) is 13.7. The van der Waals surface area contributed by atoms with Crippen LogP contribution in [0, 0.1) is 22.7 Å². The molecule has 0 radical (unpaired) electrons. The Labute approximate surface area is 103 Å². The first-order valence-electron chi connectivity index (χ1n) is 5.90. The summed E-state index contributed by atoms with van der Waals surface area (Å²) in [5.41, 5.74) is 0.655. The molecule has 0 aromatic rings. The van der Waals surface area contributed by atoms with Gasteiger partial charge in [0.2, 0.25) is 0 Å². The highest BCUT2D eigenvalue weighted by atomic mass is 16.7. The fraction of sp³-hybridized carbons (Fsp3) is 0.692. The molecule has 0 amide bonds. The minimum absolute atomic E-state index is 0.211. The second-order valence-electron chi connectivity index (χ2n) is 5.52. The highest BCUT2D eigenvalue weighted by Crippen LogP contribution is 2.24. The summed E-state index contributed by atoms with van der Waals surface area (Å²) in [5, 5.41) is 10.3. The molecule has 0 aromatic heterocycles. The number of rotatable bonds is 1. The van der Waals surface area contributed by atoms with Crippen LogP contribution in [0.15, 0.2) is 11.6 Å². The quantitative estimate of drug-likeness (QED) is 0.655. The van der Waals surface area contributed by atoms with Gasteiger partial charge in [-0.05, 0) is 33.1 Å². The largest absolute Gasteiger partial charge is 0.367 e. The Morgan fingerprint density at radius 1 is 1.59 bits per heavy atom. The first-order chi connectivity index (χ1) is 7.84. The first-order valence-corrected chi connectivity index (χ1v) is 5.90. The van der Waals surface area contributed by atoms with E-state index in [0.717, 1.165) is 12.0 Å². The summed E-state index contributed by atoms with van der Waals surface area (Å²) in [7, 11) is 0. The lowest BCUT2D eigenvalue weighted by Crippen LogP contribution is -2.40. The Balaban J connectivity index is 2.54. The molecular weight excluding hydrogens is 216 g/mol. The molecule has 1 atom stereocenters. The zero-order chi connectivity index (χ0) is 13.1. The van der Waals surface area contributed by atoms with Crippen molar-refractivity contribution in [2.75, 3.05) is 13.1 Å². The Hall–Kier alpha value is -1.34. The number of hydrogen-bond donors (Lipinski definition) is 0. The SMILES string of the molecule is CC1CN(OC(=O)C(C)(C)C)CCC1=CC#N. The summed E-state index contributed by atoms with van der Waals surface area (Å²) in [4.78, 5) is 17.1. The number of nitriles is 1. The average molecular weight is 236 g/mol. The zero-order valence-corrected chi connectivity index (χ0v) is 11.0. The van der Waals surface area contributed by atoms with Crippen molar-refractivity contribution in [2.24, 2.45) is 11.3 Å². The van der Waals surface area contributed by atoms with E-state index in [-0.39, 0.29) is 11.9 Å². The maximum atomic E-state index is 11.7. The second-order valence-corrected chi connectivity index (χ2v) is 5.52. The number of nitrogens with zero attached hydrogens (tertiary/aromatic N) is 2. The predicted molar refractivity (Wildman–Crippen MR) is 64.6 cm³/mol. The summed E-state index contributed by atoms with van der Waals surface area (Å²) < 4.78 is 0. The summed E-state index contributed by atoms with van der Waals surface area (Å²) in [6.45, 7) is 8.88. The van der Waals surface area contributed by atoms with E-state index < -0.39 is 5.41 Å². The fourth-order valence-corrected chi connectivity index (χ4v) is 1.65. The van der Waals surface area contributed by atoms with Crippen LogP contribution in [0.25, 0.3) is 0 Å². The van der Waals surface area contributed by atoms with Crippen molar-refractivity contribution in [2.45, 2.75) is 34.1 Å². The maximum absolute atomic E-state index is 11.7. The van der Waals surface area contributed by atoms with Gasteiger partial charge in [-0.1, -0.05) is 12.5 Å². The molecule has 1 aliphatic heterocycles. The van der Waals surface area contributed by atoms with Crippen LogP contribution in [0.5, 0.6) is 0 Å². The van der Waals surface area contributed by atoms with Gasteiger partial charge in [0.15, 0.2) is 0 Å². The molecule has 4 heteroatoms. The molecule has 1 aliphatic rings.